The zero-order valence-electron chi connectivity index (χ0n) is 8.58. The van der Waals surface area contributed by atoms with Crippen LogP contribution in [0.5, 0.6) is 0 Å². The maximum Gasteiger partial charge on any atom is 0.0586 e. The van der Waals surface area contributed by atoms with Gasteiger partial charge in [-0.2, -0.15) is 0 Å². The summed E-state index contributed by atoms with van der Waals surface area (Å²) in [5.41, 5.74) is 0. The number of hydrogen-bond donors (Lipinski definition) is 1. The minimum atomic E-state index is 0.368. The van der Waals surface area contributed by atoms with Gasteiger partial charge in [0.15, 0.2) is 0 Å². The molecule has 2 aliphatic heterocycles. The van der Waals surface area contributed by atoms with E-state index in [0.717, 1.165) is 12.0 Å². The van der Waals surface area contributed by atoms with Crippen LogP contribution in [0, 0.1) is 5.92 Å². The van der Waals surface area contributed by atoms with Crippen molar-refractivity contribution in [3.05, 3.63) is 0 Å². The number of fused-ring (bicyclic) bond motifs is 1. The molecule has 76 valence electrons. The average molecular weight is 183 g/mol. The largest absolute Gasteiger partial charge is 0.395 e. The molecule has 0 unspecified atom stereocenters. The number of hydrogen-bond acceptors (Lipinski definition) is 2. The van der Waals surface area contributed by atoms with Crippen LogP contribution in [0.3, 0.4) is 0 Å². The highest BCUT2D eigenvalue weighted by Crippen LogP contribution is 2.36. The van der Waals surface area contributed by atoms with Crippen molar-refractivity contribution < 1.29 is 5.11 Å². The van der Waals surface area contributed by atoms with Gasteiger partial charge in [0, 0.05) is 12.1 Å². The normalized spacial score (nSPS) is 40.6. The molecule has 0 spiro atoms. The van der Waals surface area contributed by atoms with Crippen molar-refractivity contribution in [1.29, 1.82) is 0 Å². The fraction of sp³-hybridized carbons (Fsp3) is 1.00. The Morgan fingerprint density at radius 2 is 2.15 bits per heavy atom. The van der Waals surface area contributed by atoms with E-state index in [2.05, 4.69) is 11.8 Å². The Bertz CT molecular complexity index is 153. The average Bonchev–Trinajstić information content (AvgIpc) is 2.64. The molecular formula is C11H21NO. The van der Waals surface area contributed by atoms with Crippen molar-refractivity contribution >= 4 is 0 Å². The number of rotatable bonds is 2. The summed E-state index contributed by atoms with van der Waals surface area (Å²) in [6.45, 7) is 3.90. The van der Waals surface area contributed by atoms with Crippen LogP contribution < -0.4 is 0 Å². The Morgan fingerprint density at radius 1 is 1.31 bits per heavy atom. The molecule has 2 fully saturated rings. The second-order valence-corrected chi connectivity index (χ2v) is 4.53. The van der Waals surface area contributed by atoms with Gasteiger partial charge in [-0.1, -0.05) is 13.3 Å². The highest BCUT2D eigenvalue weighted by molar-refractivity contribution is 4.93. The van der Waals surface area contributed by atoms with E-state index in [4.69, 9.17) is 0 Å². The number of aliphatic hydroxyl groups is 1. The van der Waals surface area contributed by atoms with Gasteiger partial charge in [-0.15, -0.1) is 0 Å². The third kappa shape index (κ3) is 1.62. The zero-order chi connectivity index (χ0) is 9.26. The minimum Gasteiger partial charge on any atom is -0.395 e. The monoisotopic (exact) mass is 183 g/mol. The van der Waals surface area contributed by atoms with Crippen molar-refractivity contribution in [2.24, 2.45) is 5.92 Å². The lowest BCUT2D eigenvalue weighted by molar-refractivity contribution is 0.0380. The quantitative estimate of drug-likeness (QED) is 0.703. The molecule has 0 aromatic carbocycles. The van der Waals surface area contributed by atoms with Gasteiger partial charge >= 0.3 is 0 Å². The molecule has 2 aliphatic rings. The first-order valence-corrected chi connectivity index (χ1v) is 5.73. The lowest BCUT2D eigenvalue weighted by atomic mass is 9.84. The van der Waals surface area contributed by atoms with Crippen molar-refractivity contribution in [2.45, 2.75) is 51.1 Å². The third-order valence-corrected chi connectivity index (χ3v) is 3.96. The summed E-state index contributed by atoms with van der Waals surface area (Å²) in [5, 5.41) is 9.26. The molecule has 1 N–H and O–H groups in total. The molecule has 2 nitrogen and oxygen atoms in total. The van der Waals surface area contributed by atoms with Crippen molar-refractivity contribution in [3.8, 4) is 0 Å². The van der Waals surface area contributed by atoms with Crippen LogP contribution in [-0.4, -0.2) is 35.2 Å². The van der Waals surface area contributed by atoms with Crippen molar-refractivity contribution in [1.82, 2.24) is 4.90 Å². The molecule has 0 amide bonds. The Hall–Kier alpha value is -0.0800. The van der Waals surface area contributed by atoms with E-state index in [1.54, 1.807) is 0 Å². The summed E-state index contributed by atoms with van der Waals surface area (Å²) in [6, 6.07) is 1.28. The van der Waals surface area contributed by atoms with Crippen LogP contribution in [0.15, 0.2) is 0 Å². The van der Waals surface area contributed by atoms with E-state index in [9.17, 15) is 5.11 Å². The lowest BCUT2D eigenvalue weighted by Crippen LogP contribution is -2.48. The highest BCUT2D eigenvalue weighted by atomic mass is 16.3. The molecule has 0 bridgehead atoms. The fourth-order valence-corrected chi connectivity index (χ4v) is 3.21. The molecule has 0 aromatic rings. The van der Waals surface area contributed by atoms with Gasteiger partial charge in [0.1, 0.15) is 0 Å². The molecular weight excluding hydrogens is 162 g/mol. The molecule has 2 saturated heterocycles. The first-order chi connectivity index (χ1) is 6.36. The van der Waals surface area contributed by atoms with Crippen LogP contribution in [-0.2, 0) is 0 Å². The van der Waals surface area contributed by atoms with Gasteiger partial charge in [0.05, 0.1) is 6.61 Å². The molecule has 0 saturated carbocycles. The minimum absolute atomic E-state index is 0.368. The molecule has 2 heterocycles. The molecule has 13 heavy (non-hydrogen) atoms. The third-order valence-electron chi connectivity index (χ3n) is 3.96. The van der Waals surface area contributed by atoms with Crippen molar-refractivity contribution in [2.75, 3.05) is 13.2 Å². The predicted molar refractivity (Wildman–Crippen MR) is 53.6 cm³/mol. The van der Waals surface area contributed by atoms with E-state index >= 15 is 0 Å². The number of nitrogens with zero attached hydrogens (tertiary/aromatic N) is 1. The smallest absolute Gasteiger partial charge is 0.0586 e. The highest BCUT2D eigenvalue weighted by Gasteiger charge is 2.38. The lowest BCUT2D eigenvalue weighted by Gasteiger charge is -2.41. The molecule has 3 atom stereocenters. The Balaban J connectivity index is 2.04. The van der Waals surface area contributed by atoms with Gasteiger partial charge in [0.2, 0.25) is 0 Å². The van der Waals surface area contributed by atoms with Gasteiger partial charge in [0.25, 0.3) is 0 Å². The number of piperidine rings is 1. The summed E-state index contributed by atoms with van der Waals surface area (Å²) < 4.78 is 0. The standard InChI is InChI=1S/C11H21NO/c1-2-9-5-6-10(8-13)12-7-3-4-11(9)12/h9-11,13H,2-8H2,1H3/t9-,10+,11+/m1/s1. The van der Waals surface area contributed by atoms with Crippen LogP contribution >= 0.6 is 0 Å². The topological polar surface area (TPSA) is 23.5 Å². The molecule has 2 rings (SSSR count). The Labute approximate surface area is 80.9 Å². The van der Waals surface area contributed by atoms with Crippen LogP contribution in [0.1, 0.15) is 39.0 Å². The Morgan fingerprint density at radius 3 is 2.85 bits per heavy atom. The fourth-order valence-electron chi connectivity index (χ4n) is 3.21. The molecule has 2 heteroatoms. The first kappa shape index (κ1) is 9.47. The molecule has 0 aromatic heterocycles. The predicted octanol–water partition coefficient (Wildman–Crippen LogP) is 1.63. The first-order valence-electron chi connectivity index (χ1n) is 5.73. The number of aliphatic hydroxyl groups excluding tert-OH is 1. The van der Waals surface area contributed by atoms with Gasteiger partial charge in [-0.25, -0.2) is 0 Å². The van der Waals surface area contributed by atoms with Gasteiger partial charge in [-0.05, 0) is 38.1 Å². The Kier molecular flexibility index (Phi) is 2.89. The van der Waals surface area contributed by atoms with Gasteiger partial charge < -0.3 is 5.11 Å². The zero-order valence-corrected chi connectivity index (χ0v) is 8.58. The summed E-state index contributed by atoms with van der Waals surface area (Å²) >= 11 is 0. The summed E-state index contributed by atoms with van der Waals surface area (Å²) in [4.78, 5) is 2.57. The van der Waals surface area contributed by atoms with E-state index in [1.807, 2.05) is 0 Å². The van der Waals surface area contributed by atoms with E-state index in [-0.39, 0.29) is 0 Å². The van der Waals surface area contributed by atoms with Crippen LogP contribution in [0.4, 0.5) is 0 Å². The van der Waals surface area contributed by atoms with E-state index in [1.165, 1.54) is 38.6 Å². The SMILES string of the molecule is CC[C@@H]1CC[C@@H](CO)N2CCC[C@@H]12. The summed E-state index contributed by atoms with van der Waals surface area (Å²) in [5.74, 6) is 0.908. The molecule has 0 aliphatic carbocycles. The maximum atomic E-state index is 9.26. The van der Waals surface area contributed by atoms with E-state index < -0.39 is 0 Å². The second-order valence-electron chi connectivity index (χ2n) is 4.53. The van der Waals surface area contributed by atoms with Gasteiger partial charge in [-0.3, -0.25) is 4.90 Å². The summed E-state index contributed by atoms with van der Waals surface area (Å²) in [7, 11) is 0. The maximum absolute atomic E-state index is 9.26. The van der Waals surface area contributed by atoms with Crippen molar-refractivity contribution in [3.63, 3.8) is 0 Å². The molecule has 0 radical (unpaired) electrons. The van der Waals surface area contributed by atoms with Crippen LogP contribution in [0.2, 0.25) is 0 Å². The van der Waals surface area contributed by atoms with Crippen LogP contribution in [0.25, 0.3) is 0 Å². The second kappa shape index (κ2) is 3.97. The van der Waals surface area contributed by atoms with E-state index in [0.29, 0.717) is 12.6 Å². The summed E-state index contributed by atoms with van der Waals surface area (Å²) in [6.07, 6.45) is 6.58.